The number of carbonyl (C=O) groups is 4. The fourth-order valence-electron chi connectivity index (χ4n) is 2.94. The highest BCUT2D eigenvalue weighted by molar-refractivity contribution is 8.01. The second kappa shape index (κ2) is 13.3. The lowest BCUT2D eigenvalue weighted by molar-refractivity contribution is -0.149. The summed E-state index contributed by atoms with van der Waals surface area (Å²) in [5.41, 5.74) is 0. The van der Waals surface area contributed by atoms with Gasteiger partial charge in [-0.25, -0.2) is 4.79 Å². The van der Waals surface area contributed by atoms with E-state index in [0.717, 1.165) is 9.11 Å². The molecule has 1 aromatic rings. The molecule has 2 N–H and O–H groups in total. The van der Waals surface area contributed by atoms with Crippen molar-refractivity contribution in [3.8, 4) is 0 Å². The molecule has 0 radical (unpaired) electrons. The van der Waals surface area contributed by atoms with E-state index < -0.39 is 29.8 Å². The van der Waals surface area contributed by atoms with Crippen molar-refractivity contribution in [3.05, 3.63) is 17.5 Å². The Morgan fingerprint density at radius 1 is 1.30 bits per heavy atom. The van der Waals surface area contributed by atoms with Crippen molar-refractivity contribution >= 4 is 47.0 Å². The zero-order valence-electron chi connectivity index (χ0n) is 17.8. The number of amides is 3. The van der Waals surface area contributed by atoms with Crippen molar-refractivity contribution in [3.63, 3.8) is 0 Å². The Morgan fingerprint density at radius 2 is 2.00 bits per heavy atom. The second-order valence-corrected chi connectivity index (χ2v) is 9.53. The van der Waals surface area contributed by atoms with E-state index in [1.165, 1.54) is 14.2 Å². The first-order valence-corrected chi connectivity index (χ1v) is 11.5. The fourth-order valence-corrected chi connectivity index (χ4v) is 4.91. The number of carbonyl (C=O) groups excluding carboxylic acids is 3. The Hall–Kier alpha value is -2.07. The molecular weight excluding hydrogens is 428 g/mol. The van der Waals surface area contributed by atoms with Gasteiger partial charge in [-0.3, -0.25) is 19.3 Å². The minimum Gasteiger partial charge on any atom is -0.481 e. The third-order valence-corrected chi connectivity index (χ3v) is 6.74. The molecule has 3 amide bonds. The highest BCUT2D eigenvalue weighted by atomic mass is 32.2. The molecule has 0 aromatic carbocycles. The van der Waals surface area contributed by atoms with Crippen LogP contribution in [0.15, 0.2) is 21.7 Å². The molecule has 1 rings (SSSR count). The molecule has 0 saturated carbocycles. The molecule has 10 heteroatoms. The first-order chi connectivity index (χ1) is 14.2. The number of hydrogen-bond donors (Lipinski definition) is 2. The van der Waals surface area contributed by atoms with E-state index in [2.05, 4.69) is 10.1 Å². The summed E-state index contributed by atoms with van der Waals surface area (Å²) in [5.74, 6) is -2.82. The number of thiophene rings is 1. The number of rotatable bonds is 12. The Kier molecular flexibility index (Phi) is 11.5. The Morgan fingerprint density at radius 3 is 2.53 bits per heavy atom. The highest BCUT2D eigenvalue weighted by Crippen LogP contribution is 2.31. The van der Waals surface area contributed by atoms with Crippen LogP contribution in [-0.2, 0) is 19.1 Å². The summed E-state index contributed by atoms with van der Waals surface area (Å²) >= 11 is 3.15. The second-order valence-electron chi connectivity index (χ2n) is 7.27. The Balaban J connectivity index is 2.64. The quantitative estimate of drug-likeness (QED) is 0.281. The highest BCUT2D eigenvalue weighted by Gasteiger charge is 2.35. The van der Waals surface area contributed by atoms with Crippen molar-refractivity contribution in [2.75, 3.05) is 26.5 Å². The molecule has 8 nitrogen and oxygen atoms in total. The normalized spacial score (nSPS) is 12.8. The van der Waals surface area contributed by atoms with Crippen molar-refractivity contribution in [1.82, 2.24) is 10.2 Å². The van der Waals surface area contributed by atoms with Gasteiger partial charge in [0.05, 0.1) is 11.3 Å². The van der Waals surface area contributed by atoms with Crippen molar-refractivity contribution < 1.29 is 29.0 Å². The van der Waals surface area contributed by atoms with Crippen LogP contribution in [0.25, 0.3) is 0 Å². The predicted octanol–water partition coefficient (Wildman–Crippen LogP) is 3.32. The zero-order chi connectivity index (χ0) is 22.7. The molecule has 0 saturated heterocycles. The topological polar surface area (TPSA) is 113 Å². The molecule has 1 heterocycles. The molecule has 0 bridgehead atoms. The van der Waals surface area contributed by atoms with Crippen LogP contribution in [0, 0.1) is 17.8 Å². The number of imide groups is 1. The van der Waals surface area contributed by atoms with Gasteiger partial charge in [0, 0.05) is 25.8 Å². The third kappa shape index (κ3) is 8.74. The van der Waals surface area contributed by atoms with Crippen LogP contribution < -0.4 is 5.32 Å². The lowest BCUT2D eigenvalue weighted by atomic mass is 9.86. The van der Waals surface area contributed by atoms with Gasteiger partial charge >= 0.3 is 12.1 Å². The van der Waals surface area contributed by atoms with Crippen molar-refractivity contribution in [2.45, 2.75) is 37.3 Å². The van der Waals surface area contributed by atoms with E-state index >= 15 is 0 Å². The summed E-state index contributed by atoms with van der Waals surface area (Å²) in [6.07, 6.45) is 0.185. The zero-order valence-corrected chi connectivity index (χ0v) is 19.4. The smallest absolute Gasteiger partial charge is 0.415 e. The van der Waals surface area contributed by atoms with Gasteiger partial charge in [-0.1, -0.05) is 19.9 Å². The lowest BCUT2D eigenvalue weighted by Gasteiger charge is -2.24. The molecule has 2 atom stereocenters. The minimum atomic E-state index is -1.16. The number of carboxylic acids is 1. The van der Waals surface area contributed by atoms with E-state index in [0.29, 0.717) is 12.2 Å². The van der Waals surface area contributed by atoms with Crippen LogP contribution in [0.2, 0.25) is 0 Å². The fraction of sp³-hybridized carbons (Fsp3) is 0.600. The first-order valence-electron chi connectivity index (χ1n) is 9.68. The molecule has 0 aliphatic carbocycles. The minimum absolute atomic E-state index is 0.0350. The SMILES string of the molecule is COC(=O)N(C)C(=O)CCCNC(=O)[C@@H](C(=O)O)[C@H](CSc1cccs1)CC(C)C. The average molecular weight is 459 g/mol. The van der Waals surface area contributed by atoms with Gasteiger partial charge in [0.2, 0.25) is 11.8 Å². The maximum Gasteiger partial charge on any atom is 0.415 e. The van der Waals surface area contributed by atoms with Gasteiger partial charge in [-0.05, 0) is 36.1 Å². The monoisotopic (exact) mass is 458 g/mol. The van der Waals surface area contributed by atoms with Crippen LogP contribution >= 0.6 is 23.1 Å². The summed E-state index contributed by atoms with van der Waals surface area (Å²) in [7, 11) is 2.50. The third-order valence-electron chi connectivity index (χ3n) is 4.42. The van der Waals surface area contributed by atoms with Gasteiger partial charge in [0.1, 0.15) is 5.92 Å². The first kappa shape index (κ1) is 26.0. The van der Waals surface area contributed by atoms with Gasteiger partial charge in [0.15, 0.2) is 0 Å². The molecule has 0 unspecified atom stereocenters. The lowest BCUT2D eigenvalue weighted by Crippen LogP contribution is -2.41. The van der Waals surface area contributed by atoms with Crippen molar-refractivity contribution in [2.24, 2.45) is 17.8 Å². The largest absolute Gasteiger partial charge is 0.481 e. The van der Waals surface area contributed by atoms with Crippen LogP contribution in [0.3, 0.4) is 0 Å². The number of hydrogen-bond acceptors (Lipinski definition) is 7. The molecule has 0 aliphatic heterocycles. The predicted molar refractivity (Wildman–Crippen MR) is 117 cm³/mol. The number of aliphatic carboxylic acids is 1. The summed E-state index contributed by atoms with van der Waals surface area (Å²) in [4.78, 5) is 48.6. The number of thioether (sulfide) groups is 1. The van der Waals surface area contributed by atoms with E-state index in [9.17, 15) is 24.3 Å². The number of ether oxygens (including phenoxy) is 1. The molecule has 30 heavy (non-hydrogen) atoms. The van der Waals surface area contributed by atoms with Gasteiger partial charge < -0.3 is 15.2 Å². The average Bonchev–Trinajstić information content (AvgIpc) is 3.21. The summed E-state index contributed by atoms with van der Waals surface area (Å²) in [6.45, 7) is 4.15. The Bertz CT molecular complexity index is 708. The van der Waals surface area contributed by atoms with Crippen LogP contribution in [0.5, 0.6) is 0 Å². The van der Waals surface area contributed by atoms with E-state index in [1.807, 2.05) is 31.4 Å². The maximum absolute atomic E-state index is 12.6. The molecular formula is C20H30N2O6S2. The van der Waals surface area contributed by atoms with Crippen LogP contribution in [0.1, 0.15) is 33.1 Å². The molecule has 1 aromatic heterocycles. The van der Waals surface area contributed by atoms with Crippen LogP contribution in [0.4, 0.5) is 4.79 Å². The maximum atomic E-state index is 12.6. The van der Waals surface area contributed by atoms with E-state index in [1.54, 1.807) is 23.1 Å². The standard InChI is InChI=1S/C20H30N2O6S2/c1-13(2)11-14(12-30-16-8-6-10-29-16)17(19(25)26)18(24)21-9-5-7-15(23)22(3)20(27)28-4/h6,8,10,13-14,17H,5,7,9,11-12H2,1-4H3,(H,21,24)(H,25,26)/t14-,17-/m0/s1. The van der Waals surface area contributed by atoms with Crippen molar-refractivity contribution in [1.29, 1.82) is 0 Å². The van der Waals surface area contributed by atoms with Gasteiger partial charge in [-0.15, -0.1) is 23.1 Å². The molecule has 168 valence electrons. The Labute approximate surface area is 185 Å². The molecule has 0 spiro atoms. The van der Waals surface area contributed by atoms with E-state index in [4.69, 9.17) is 0 Å². The number of nitrogens with zero attached hydrogens (tertiary/aromatic N) is 1. The van der Waals surface area contributed by atoms with E-state index in [-0.39, 0.29) is 31.2 Å². The number of carboxylic acid groups (broad SMARTS) is 1. The number of nitrogens with one attached hydrogen (secondary N) is 1. The van der Waals surface area contributed by atoms with Gasteiger partial charge in [-0.2, -0.15) is 0 Å². The van der Waals surface area contributed by atoms with Crippen LogP contribution in [-0.4, -0.2) is 60.3 Å². The summed E-state index contributed by atoms with van der Waals surface area (Å²) in [5, 5.41) is 14.3. The molecule has 0 fully saturated rings. The number of methoxy groups -OCH3 is 1. The summed E-state index contributed by atoms with van der Waals surface area (Å²) < 4.78 is 5.56. The van der Waals surface area contributed by atoms with Gasteiger partial charge in [0.25, 0.3) is 0 Å². The molecule has 0 aliphatic rings. The summed E-state index contributed by atoms with van der Waals surface area (Å²) in [6, 6.07) is 3.91.